The molecule has 1 aliphatic carbocycles. The Hall–Kier alpha value is -2.19. The molecule has 1 N–H and O–H groups in total. The number of allylic oxidation sites excluding steroid dienone is 1. The number of nitrogens with zero attached hydrogens (tertiary/aromatic N) is 2. The van der Waals surface area contributed by atoms with E-state index in [1.165, 1.54) is 22.7 Å². The molecule has 180 valence electrons. The van der Waals surface area contributed by atoms with E-state index >= 15 is 0 Å². The number of benzene rings is 1. The molecule has 3 aliphatic rings. The number of amides is 2. The van der Waals surface area contributed by atoms with Gasteiger partial charge in [0.15, 0.2) is 0 Å². The quantitative estimate of drug-likeness (QED) is 0.642. The molecular formula is C25H35N3O4S. The summed E-state index contributed by atoms with van der Waals surface area (Å²) >= 11 is 0. The van der Waals surface area contributed by atoms with Crippen molar-refractivity contribution in [2.24, 2.45) is 5.92 Å². The van der Waals surface area contributed by atoms with Crippen molar-refractivity contribution in [3.8, 4) is 0 Å². The number of rotatable bonds is 6. The van der Waals surface area contributed by atoms with Gasteiger partial charge in [0.25, 0.3) is 0 Å². The molecule has 8 heteroatoms. The summed E-state index contributed by atoms with van der Waals surface area (Å²) in [6.45, 7) is 4.83. The van der Waals surface area contributed by atoms with Crippen molar-refractivity contribution in [1.82, 2.24) is 9.62 Å². The van der Waals surface area contributed by atoms with Crippen LogP contribution in [0.1, 0.15) is 64.4 Å². The first-order chi connectivity index (χ1) is 15.6. The maximum Gasteiger partial charge on any atom is 0.243 e. The van der Waals surface area contributed by atoms with Crippen molar-refractivity contribution in [3.05, 3.63) is 35.4 Å². The molecule has 0 saturated carbocycles. The summed E-state index contributed by atoms with van der Waals surface area (Å²) in [6, 6.07) is 4.91. The number of hydrogen-bond donors (Lipinski definition) is 1. The van der Waals surface area contributed by atoms with Crippen molar-refractivity contribution >= 4 is 27.5 Å². The van der Waals surface area contributed by atoms with E-state index in [1.807, 2.05) is 13.8 Å². The van der Waals surface area contributed by atoms with Crippen molar-refractivity contribution in [2.75, 3.05) is 31.6 Å². The summed E-state index contributed by atoms with van der Waals surface area (Å²) in [6.07, 6.45) is 9.22. The van der Waals surface area contributed by atoms with Crippen LogP contribution in [0.3, 0.4) is 0 Å². The van der Waals surface area contributed by atoms with Crippen LogP contribution >= 0.6 is 0 Å². The molecule has 2 heterocycles. The molecule has 0 bridgehead atoms. The van der Waals surface area contributed by atoms with Crippen LogP contribution in [-0.4, -0.2) is 51.2 Å². The Bertz CT molecular complexity index is 1080. The van der Waals surface area contributed by atoms with Crippen LogP contribution in [0.2, 0.25) is 0 Å². The Balaban J connectivity index is 1.43. The largest absolute Gasteiger partial charge is 0.356 e. The molecule has 1 fully saturated rings. The molecule has 2 amide bonds. The Morgan fingerprint density at radius 3 is 2.73 bits per heavy atom. The topological polar surface area (TPSA) is 86.8 Å². The smallest absolute Gasteiger partial charge is 0.243 e. The highest BCUT2D eigenvalue weighted by Crippen LogP contribution is 2.42. The van der Waals surface area contributed by atoms with Crippen LogP contribution in [0.5, 0.6) is 0 Å². The number of sulfonamides is 1. The fourth-order valence-electron chi connectivity index (χ4n) is 5.26. The lowest BCUT2D eigenvalue weighted by Gasteiger charge is -2.31. The lowest BCUT2D eigenvalue weighted by Crippen LogP contribution is -2.45. The van der Waals surface area contributed by atoms with Gasteiger partial charge in [-0.3, -0.25) is 9.59 Å². The summed E-state index contributed by atoms with van der Waals surface area (Å²) in [5, 5.41) is 3.02. The summed E-state index contributed by atoms with van der Waals surface area (Å²) in [5.74, 6) is -0.452. The molecule has 0 unspecified atom stereocenters. The Labute approximate surface area is 197 Å². The number of likely N-dealkylation sites (N-methyl/N-ethyl adjacent to an activating group) is 1. The maximum absolute atomic E-state index is 13.4. The second-order valence-corrected chi connectivity index (χ2v) is 12.0. The average Bonchev–Trinajstić information content (AvgIpc) is 2.99. The Kier molecular flexibility index (Phi) is 6.69. The SMILES string of the molecule is CN1C(=O)C(C)(C)c2cc(S(=O)(=O)N3CCC[C@@H](C(=O)NCCC4=CCCCC4)C3)ccc21. The zero-order valence-corrected chi connectivity index (χ0v) is 20.7. The first-order valence-corrected chi connectivity index (χ1v) is 13.4. The average molecular weight is 474 g/mol. The lowest BCUT2D eigenvalue weighted by molar-refractivity contribution is -0.126. The van der Waals surface area contributed by atoms with Crippen LogP contribution in [0.15, 0.2) is 34.7 Å². The van der Waals surface area contributed by atoms with E-state index < -0.39 is 15.4 Å². The molecule has 33 heavy (non-hydrogen) atoms. The van der Waals surface area contributed by atoms with E-state index in [0.717, 1.165) is 30.5 Å². The first-order valence-electron chi connectivity index (χ1n) is 12.0. The standard InChI is InChI=1S/C25H35N3O4S/c1-25(2)21-16-20(11-12-22(21)27(3)24(25)30)33(31,32)28-15-7-10-19(17-28)23(29)26-14-13-18-8-5-4-6-9-18/h8,11-12,16,19H,4-7,9-10,13-15,17H2,1-3H3,(H,26,29)/t19-/m1/s1. The van der Waals surface area contributed by atoms with Crippen LogP contribution in [0.4, 0.5) is 5.69 Å². The number of anilines is 1. The summed E-state index contributed by atoms with van der Waals surface area (Å²) in [7, 11) is -2.05. The number of fused-ring (bicyclic) bond motifs is 1. The minimum Gasteiger partial charge on any atom is -0.356 e. The van der Waals surface area contributed by atoms with Crippen molar-refractivity contribution in [1.29, 1.82) is 0 Å². The van der Waals surface area contributed by atoms with E-state index in [9.17, 15) is 18.0 Å². The molecule has 4 rings (SSSR count). The van der Waals surface area contributed by atoms with E-state index in [2.05, 4.69) is 11.4 Å². The van der Waals surface area contributed by atoms with E-state index in [-0.39, 0.29) is 29.2 Å². The van der Waals surface area contributed by atoms with Crippen LogP contribution in [0.25, 0.3) is 0 Å². The highest BCUT2D eigenvalue weighted by atomic mass is 32.2. The van der Waals surface area contributed by atoms with Crippen molar-refractivity contribution < 1.29 is 18.0 Å². The number of carbonyl (C=O) groups is 2. The molecule has 1 saturated heterocycles. The molecule has 0 radical (unpaired) electrons. The van der Waals surface area contributed by atoms with Crippen LogP contribution in [0, 0.1) is 5.92 Å². The van der Waals surface area contributed by atoms with E-state index in [0.29, 0.717) is 25.9 Å². The van der Waals surface area contributed by atoms with Gasteiger partial charge in [-0.15, -0.1) is 0 Å². The Morgan fingerprint density at radius 1 is 1.21 bits per heavy atom. The van der Waals surface area contributed by atoms with Gasteiger partial charge in [0.05, 0.1) is 16.2 Å². The van der Waals surface area contributed by atoms with E-state index in [1.54, 1.807) is 30.1 Å². The predicted molar refractivity (Wildman–Crippen MR) is 129 cm³/mol. The fraction of sp³-hybridized carbons (Fsp3) is 0.600. The van der Waals surface area contributed by atoms with Gasteiger partial charge >= 0.3 is 0 Å². The van der Waals surface area contributed by atoms with Gasteiger partial charge in [-0.05, 0) is 82.6 Å². The molecular weight excluding hydrogens is 438 g/mol. The molecule has 1 aromatic carbocycles. The van der Waals surface area contributed by atoms with E-state index in [4.69, 9.17) is 0 Å². The summed E-state index contributed by atoms with van der Waals surface area (Å²) < 4.78 is 28.3. The van der Waals surface area contributed by atoms with Gasteiger partial charge < -0.3 is 10.2 Å². The van der Waals surface area contributed by atoms with Crippen LogP contribution < -0.4 is 10.2 Å². The number of carbonyl (C=O) groups excluding carboxylic acids is 2. The third-order valence-corrected chi connectivity index (χ3v) is 9.23. The van der Waals surface area contributed by atoms with Crippen molar-refractivity contribution in [2.45, 2.75) is 69.1 Å². The van der Waals surface area contributed by atoms with Gasteiger partial charge in [-0.25, -0.2) is 8.42 Å². The Morgan fingerprint density at radius 2 is 2.00 bits per heavy atom. The third kappa shape index (κ3) is 4.60. The number of hydrogen-bond acceptors (Lipinski definition) is 4. The van der Waals surface area contributed by atoms with Gasteiger partial charge in [0, 0.05) is 32.4 Å². The highest BCUT2D eigenvalue weighted by Gasteiger charge is 2.43. The minimum atomic E-state index is -3.76. The lowest BCUT2D eigenvalue weighted by atomic mass is 9.86. The molecule has 0 spiro atoms. The zero-order valence-electron chi connectivity index (χ0n) is 19.9. The first kappa shape index (κ1) is 24.0. The number of nitrogens with one attached hydrogen (secondary N) is 1. The predicted octanol–water partition coefficient (Wildman–Crippen LogP) is 3.35. The van der Waals surface area contributed by atoms with Gasteiger partial charge in [0.1, 0.15) is 0 Å². The maximum atomic E-state index is 13.4. The molecule has 7 nitrogen and oxygen atoms in total. The second-order valence-electron chi connectivity index (χ2n) is 10.0. The normalized spacial score (nSPS) is 23.2. The second kappa shape index (κ2) is 9.22. The zero-order chi connectivity index (χ0) is 23.8. The monoisotopic (exact) mass is 473 g/mol. The molecule has 1 atom stereocenters. The molecule has 0 aromatic heterocycles. The molecule has 1 aromatic rings. The third-order valence-electron chi connectivity index (χ3n) is 7.37. The van der Waals surface area contributed by atoms with Crippen LogP contribution in [-0.2, 0) is 25.0 Å². The summed E-state index contributed by atoms with van der Waals surface area (Å²) in [5.41, 5.74) is 2.11. The van der Waals surface area contributed by atoms with Gasteiger partial charge in [0.2, 0.25) is 21.8 Å². The summed E-state index contributed by atoms with van der Waals surface area (Å²) in [4.78, 5) is 27.1. The molecule has 2 aliphatic heterocycles. The highest BCUT2D eigenvalue weighted by molar-refractivity contribution is 7.89. The number of piperidine rings is 1. The fourth-order valence-corrected chi connectivity index (χ4v) is 6.81. The van der Waals surface area contributed by atoms with Crippen molar-refractivity contribution in [3.63, 3.8) is 0 Å². The van der Waals surface area contributed by atoms with Gasteiger partial charge in [-0.2, -0.15) is 4.31 Å². The minimum absolute atomic E-state index is 0.0502. The van der Waals surface area contributed by atoms with Gasteiger partial charge in [-0.1, -0.05) is 11.6 Å².